The Morgan fingerprint density at radius 2 is 1.81 bits per heavy atom. The number of hydrogen-bond acceptors (Lipinski definition) is 6. The van der Waals surface area contributed by atoms with Crippen LogP contribution in [0.2, 0.25) is 0 Å². The van der Waals surface area contributed by atoms with Gasteiger partial charge in [-0.25, -0.2) is 0 Å². The average Bonchev–Trinajstić information content (AvgIpc) is 2.68. The number of ether oxygens (including phenoxy) is 3. The summed E-state index contributed by atoms with van der Waals surface area (Å²) in [6, 6.07) is 11.8. The van der Waals surface area contributed by atoms with E-state index in [0.717, 1.165) is 0 Å². The van der Waals surface area contributed by atoms with E-state index in [0.29, 0.717) is 23.6 Å². The minimum absolute atomic E-state index is 0.129. The summed E-state index contributed by atoms with van der Waals surface area (Å²) in [6.07, 6.45) is 1.38. The van der Waals surface area contributed by atoms with E-state index in [1.807, 2.05) is 13.0 Å². The minimum atomic E-state index is -0.587. The number of phenols is 1. The quantitative estimate of drug-likeness (QED) is 0.574. The molecule has 0 aliphatic rings. The van der Waals surface area contributed by atoms with Crippen molar-refractivity contribution in [3.8, 4) is 29.1 Å². The second-order valence-corrected chi connectivity index (χ2v) is 5.33. The van der Waals surface area contributed by atoms with Crippen molar-refractivity contribution >= 4 is 17.7 Å². The van der Waals surface area contributed by atoms with E-state index in [1.54, 1.807) is 24.3 Å². The maximum absolute atomic E-state index is 12.5. The molecule has 0 unspecified atom stereocenters. The molecule has 0 spiro atoms. The Hall–Kier alpha value is -3.66. The summed E-state index contributed by atoms with van der Waals surface area (Å²) < 4.78 is 15.6. The third kappa shape index (κ3) is 4.70. The topological polar surface area (TPSA) is 101 Å². The maximum Gasteiger partial charge on any atom is 0.266 e. The zero-order valence-electron chi connectivity index (χ0n) is 15.3. The van der Waals surface area contributed by atoms with Gasteiger partial charge in [0.05, 0.1) is 26.5 Å². The highest BCUT2D eigenvalue weighted by Crippen LogP contribution is 2.37. The number of anilines is 1. The number of nitrogens with zero attached hydrogens (tertiary/aromatic N) is 1. The molecule has 27 heavy (non-hydrogen) atoms. The number of amides is 1. The van der Waals surface area contributed by atoms with Gasteiger partial charge in [0.1, 0.15) is 17.4 Å². The summed E-state index contributed by atoms with van der Waals surface area (Å²) in [5, 5.41) is 22.0. The predicted molar refractivity (Wildman–Crippen MR) is 101 cm³/mol. The molecule has 2 aromatic rings. The Kier molecular flexibility index (Phi) is 6.67. The van der Waals surface area contributed by atoms with E-state index in [-0.39, 0.29) is 22.8 Å². The smallest absolute Gasteiger partial charge is 0.266 e. The highest BCUT2D eigenvalue weighted by atomic mass is 16.5. The number of para-hydroxylation sites is 2. The first kappa shape index (κ1) is 19.7. The van der Waals surface area contributed by atoms with Gasteiger partial charge in [-0.05, 0) is 42.8 Å². The highest BCUT2D eigenvalue weighted by Gasteiger charge is 2.15. The third-order valence-corrected chi connectivity index (χ3v) is 3.61. The predicted octanol–water partition coefficient (Wildman–Crippen LogP) is 3.35. The monoisotopic (exact) mass is 368 g/mol. The van der Waals surface area contributed by atoms with Gasteiger partial charge < -0.3 is 24.6 Å². The molecule has 0 fully saturated rings. The number of nitrogens with one attached hydrogen (secondary N) is 1. The lowest BCUT2D eigenvalue weighted by molar-refractivity contribution is -0.112. The van der Waals surface area contributed by atoms with Crippen molar-refractivity contribution in [2.75, 3.05) is 26.1 Å². The van der Waals surface area contributed by atoms with Gasteiger partial charge in [0.15, 0.2) is 11.5 Å². The van der Waals surface area contributed by atoms with Crippen LogP contribution < -0.4 is 19.5 Å². The molecule has 0 radical (unpaired) electrons. The SMILES string of the molecule is CCOc1ccccc1NC(=O)/C(C#N)=C\c1cc(OC)c(O)c(OC)c1. The Morgan fingerprint density at radius 3 is 2.37 bits per heavy atom. The number of nitriles is 1. The number of benzene rings is 2. The number of carbonyl (C=O) groups is 1. The van der Waals surface area contributed by atoms with Crippen LogP contribution in [0.4, 0.5) is 5.69 Å². The Bertz CT molecular complexity index is 874. The zero-order valence-corrected chi connectivity index (χ0v) is 15.3. The van der Waals surface area contributed by atoms with Crippen LogP contribution >= 0.6 is 0 Å². The van der Waals surface area contributed by atoms with Gasteiger partial charge in [-0.2, -0.15) is 5.26 Å². The molecule has 140 valence electrons. The zero-order chi connectivity index (χ0) is 19.8. The lowest BCUT2D eigenvalue weighted by Gasteiger charge is -2.11. The second-order valence-electron chi connectivity index (χ2n) is 5.33. The van der Waals surface area contributed by atoms with Gasteiger partial charge in [0.25, 0.3) is 5.91 Å². The maximum atomic E-state index is 12.5. The molecule has 1 amide bonds. The van der Waals surface area contributed by atoms with Gasteiger partial charge in [-0.15, -0.1) is 0 Å². The molecule has 2 rings (SSSR count). The van der Waals surface area contributed by atoms with Crippen LogP contribution in [0.3, 0.4) is 0 Å². The summed E-state index contributed by atoms with van der Waals surface area (Å²) in [5.41, 5.74) is 0.800. The number of methoxy groups -OCH3 is 2. The Balaban J connectivity index is 2.34. The van der Waals surface area contributed by atoms with E-state index in [1.165, 1.54) is 32.4 Å². The molecule has 0 aliphatic heterocycles. The van der Waals surface area contributed by atoms with Gasteiger partial charge >= 0.3 is 0 Å². The van der Waals surface area contributed by atoms with Crippen molar-refractivity contribution in [2.45, 2.75) is 6.92 Å². The third-order valence-electron chi connectivity index (χ3n) is 3.61. The summed E-state index contributed by atoms with van der Waals surface area (Å²) in [4.78, 5) is 12.5. The van der Waals surface area contributed by atoms with Crippen LogP contribution in [0.5, 0.6) is 23.0 Å². The number of phenolic OH excluding ortho intramolecular Hbond substituents is 1. The lowest BCUT2D eigenvalue weighted by Crippen LogP contribution is -2.14. The van der Waals surface area contributed by atoms with Crippen LogP contribution in [0.1, 0.15) is 12.5 Å². The molecule has 0 saturated carbocycles. The van der Waals surface area contributed by atoms with Gasteiger partial charge in [-0.3, -0.25) is 4.79 Å². The largest absolute Gasteiger partial charge is 0.502 e. The molecule has 7 heteroatoms. The van der Waals surface area contributed by atoms with E-state index in [9.17, 15) is 15.2 Å². The first-order valence-electron chi connectivity index (χ1n) is 8.14. The summed E-state index contributed by atoms with van der Waals surface area (Å²) in [7, 11) is 2.79. The first-order valence-corrected chi connectivity index (χ1v) is 8.14. The van der Waals surface area contributed by atoms with E-state index in [2.05, 4.69) is 5.32 Å². The molecular weight excluding hydrogens is 348 g/mol. The fourth-order valence-electron chi connectivity index (χ4n) is 2.35. The summed E-state index contributed by atoms with van der Waals surface area (Å²) in [5.74, 6) is 0.0972. The first-order chi connectivity index (χ1) is 13.0. The fourth-order valence-corrected chi connectivity index (χ4v) is 2.35. The number of carbonyl (C=O) groups excluding carboxylic acids is 1. The van der Waals surface area contributed by atoms with Crippen molar-refractivity contribution in [3.63, 3.8) is 0 Å². The molecule has 0 atom stereocenters. The van der Waals surface area contributed by atoms with Crippen molar-refractivity contribution in [1.82, 2.24) is 0 Å². The van der Waals surface area contributed by atoms with E-state index < -0.39 is 5.91 Å². The van der Waals surface area contributed by atoms with Crippen LogP contribution in [0, 0.1) is 11.3 Å². The van der Waals surface area contributed by atoms with Crippen LogP contribution in [0.15, 0.2) is 42.0 Å². The lowest BCUT2D eigenvalue weighted by atomic mass is 10.1. The van der Waals surface area contributed by atoms with Crippen LogP contribution in [-0.4, -0.2) is 31.8 Å². The number of aromatic hydroxyl groups is 1. The fraction of sp³-hybridized carbons (Fsp3) is 0.200. The molecule has 2 N–H and O–H groups in total. The summed E-state index contributed by atoms with van der Waals surface area (Å²) >= 11 is 0. The normalized spacial score (nSPS) is 10.7. The average molecular weight is 368 g/mol. The van der Waals surface area contributed by atoms with Crippen molar-refractivity contribution in [1.29, 1.82) is 5.26 Å². The molecule has 0 aliphatic carbocycles. The van der Waals surface area contributed by atoms with Crippen LogP contribution in [-0.2, 0) is 4.79 Å². The van der Waals surface area contributed by atoms with Crippen molar-refractivity contribution < 1.29 is 24.1 Å². The highest BCUT2D eigenvalue weighted by molar-refractivity contribution is 6.10. The van der Waals surface area contributed by atoms with Crippen LogP contribution in [0.25, 0.3) is 6.08 Å². The standard InChI is InChI=1S/C20H20N2O5/c1-4-27-16-8-6-5-7-15(16)22-20(24)14(12-21)9-13-10-17(25-2)19(23)18(11-13)26-3/h5-11,23H,4H2,1-3H3,(H,22,24)/b14-9-. The van der Waals surface area contributed by atoms with Gasteiger partial charge in [-0.1, -0.05) is 12.1 Å². The molecule has 0 heterocycles. The number of rotatable bonds is 7. The Labute approximate surface area is 157 Å². The second kappa shape index (κ2) is 9.15. The Morgan fingerprint density at radius 1 is 1.19 bits per heavy atom. The molecule has 0 bridgehead atoms. The minimum Gasteiger partial charge on any atom is -0.502 e. The van der Waals surface area contributed by atoms with E-state index in [4.69, 9.17) is 14.2 Å². The molecular formula is C20H20N2O5. The van der Waals surface area contributed by atoms with E-state index >= 15 is 0 Å². The summed E-state index contributed by atoms with van der Waals surface area (Å²) in [6.45, 7) is 2.28. The van der Waals surface area contributed by atoms with Crippen molar-refractivity contribution in [2.24, 2.45) is 0 Å². The molecule has 0 aromatic heterocycles. The van der Waals surface area contributed by atoms with Gasteiger partial charge in [0.2, 0.25) is 5.75 Å². The van der Waals surface area contributed by atoms with Crippen molar-refractivity contribution in [3.05, 3.63) is 47.5 Å². The molecule has 7 nitrogen and oxygen atoms in total. The molecule has 2 aromatic carbocycles. The molecule has 0 saturated heterocycles. The van der Waals surface area contributed by atoms with Gasteiger partial charge in [0, 0.05) is 0 Å². The number of hydrogen-bond donors (Lipinski definition) is 2.